The molecule has 0 spiro atoms. The van der Waals surface area contributed by atoms with Crippen molar-refractivity contribution in [2.24, 2.45) is 0 Å². The van der Waals surface area contributed by atoms with Gasteiger partial charge in [-0.3, -0.25) is 13.9 Å². The van der Waals surface area contributed by atoms with Crippen LogP contribution in [0.4, 0.5) is 5.69 Å². The lowest BCUT2D eigenvalue weighted by atomic mass is 10.0. The maximum Gasteiger partial charge on any atom is 0.264 e. The van der Waals surface area contributed by atoms with Crippen LogP contribution in [0.5, 0.6) is 11.5 Å². The highest BCUT2D eigenvalue weighted by Gasteiger charge is 2.35. The second-order valence-electron chi connectivity index (χ2n) is 9.83. The van der Waals surface area contributed by atoms with Crippen molar-refractivity contribution >= 4 is 43.5 Å². The number of nitrogens with one attached hydrogen (secondary N) is 1. The number of rotatable bonds is 13. The first-order chi connectivity index (χ1) is 21.2. The average molecular weight is 681 g/mol. The summed E-state index contributed by atoms with van der Waals surface area (Å²) in [7, 11) is 0.141. The van der Waals surface area contributed by atoms with E-state index in [1.807, 2.05) is 54.6 Å². The van der Waals surface area contributed by atoms with Crippen molar-refractivity contribution < 1.29 is 27.5 Å². The number of ether oxygens (including phenoxy) is 2. The molecule has 0 aliphatic rings. The molecular weight excluding hydrogens is 646 g/mol. The van der Waals surface area contributed by atoms with Gasteiger partial charge in [0.2, 0.25) is 11.8 Å². The standard InChI is InChI=1S/C33H34BrN3O6S/c1-35-33(39)30(21-24-10-5-4-6-11-24)36(22-25-12-9-13-26(34)20-25)32(38)23-37(29-14-7-8-15-31(29)43-3)44(40,41)28-18-16-27(42-2)17-19-28/h4-20,30H,21-23H2,1-3H3,(H,35,39)/t30-/m0/s1. The lowest BCUT2D eigenvalue weighted by Gasteiger charge is -2.34. The van der Waals surface area contributed by atoms with Crippen LogP contribution < -0.4 is 19.1 Å². The molecule has 0 unspecified atom stereocenters. The fourth-order valence-electron chi connectivity index (χ4n) is 4.78. The highest BCUT2D eigenvalue weighted by Crippen LogP contribution is 2.33. The van der Waals surface area contributed by atoms with E-state index in [0.717, 1.165) is 19.9 Å². The van der Waals surface area contributed by atoms with Crippen molar-refractivity contribution in [1.29, 1.82) is 0 Å². The minimum absolute atomic E-state index is 0.0392. The fraction of sp³-hybridized carbons (Fsp3) is 0.212. The third-order valence-electron chi connectivity index (χ3n) is 7.04. The van der Waals surface area contributed by atoms with E-state index < -0.39 is 28.5 Å². The molecule has 4 aromatic carbocycles. The van der Waals surface area contributed by atoms with Gasteiger partial charge in [-0.15, -0.1) is 0 Å². The molecule has 0 aromatic heterocycles. The van der Waals surface area contributed by atoms with E-state index in [0.29, 0.717) is 5.75 Å². The van der Waals surface area contributed by atoms with E-state index in [1.165, 1.54) is 50.4 Å². The molecule has 2 amide bonds. The zero-order chi connectivity index (χ0) is 31.7. The van der Waals surface area contributed by atoms with Crippen LogP contribution in [0, 0.1) is 0 Å². The summed E-state index contributed by atoms with van der Waals surface area (Å²) in [5, 5.41) is 2.68. The summed E-state index contributed by atoms with van der Waals surface area (Å²) in [4.78, 5) is 29.2. The van der Waals surface area contributed by atoms with Crippen LogP contribution >= 0.6 is 15.9 Å². The second kappa shape index (κ2) is 14.9. The molecule has 44 heavy (non-hydrogen) atoms. The molecule has 0 saturated heterocycles. The smallest absolute Gasteiger partial charge is 0.264 e. The first-order valence-corrected chi connectivity index (χ1v) is 16.0. The van der Waals surface area contributed by atoms with Crippen LogP contribution in [0.25, 0.3) is 0 Å². The van der Waals surface area contributed by atoms with E-state index in [9.17, 15) is 18.0 Å². The van der Waals surface area contributed by atoms with Gasteiger partial charge in [-0.2, -0.15) is 0 Å². The van der Waals surface area contributed by atoms with E-state index in [1.54, 1.807) is 24.3 Å². The number of anilines is 1. The van der Waals surface area contributed by atoms with Gasteiger partial charge in [-0.25, -0.2) is 8.42 Å². The highest BCUT2D eigenvalue weighted by atomic mass is 79.9. The van der Waals surface area contributed by atoms with Crippen LogP contribution in [0.1, 0.15) is 11.1 Å². The summed E-state index contributed by atoms with van der Waals surface area (Å²) in [6.07, 6.45) is 0.222. The van der Waals surface area contributed by atoms with Crippen LogP contribution in [-0.4, -0.2) is 59.0 Å². The van der Waals surface area contributed by atoms with E-state index >= 15 is 0 Å². The first kappa shape index (κ1) is 32.6. The SMILES string of the molecule is CNC(=O)[C@H](Cc1ccccc1)N(Cc1cccc(Br)c1)C(=O)CN(c1ccccc1OC)S(=O)(=O)c1ccc(OC)cc1. The molecule has 4 rings (SSSR count). The number of carbonyl (C=O) groups excluding carboxylic acids is 2. The minimum Gasteiger partial charge on any atom is -0.497 e. The number of likely N-dealkylation sites (N-methyl/N-ethyl adjacent to an activating group) is 1. The van der Waals surface area contributed by atoms with Crippen LogP contribution in [0.3, 0.4) is 0 Å². The van der Waals surface area contributed by atoms with Gasteiger partial charge < -0.3 is 19.7 Å². The molecule has 0 bridgehead atoms. The summed E-state index contributed by atoms with van der Waals surface area (Å²) >= 11 is 3.48. The van der Waals surface area contributed by atoms with Crippen molar-refractivity contribution in [3.05, 3.63) is 119 Å². The number of hydrogen-bond donors (Lipinski definition) is 1. The molecule has 0 saturated carbocycles. The Kier molecular flexibility index (Phi) is 11.0. The van der Waals surface area contributed by atoms with Gasteiger partial charge in [-0.1, -0.05) is 70.5 Å². The number of carbonyl (C=O) groups is 2. The number of hydrogen-bond acceptors (Lipinski definition) is 6. The molecular formula is C33H34BrN3O6S. The quantitative estimate of drug-likeness (QED) is 0.212. The number of sulfonamides is 1. The fourth-order valence-corrected chi connectivity index (χ4v) is 6.65. The van der Waals surface area contributed by atoms with Gasteiger partial charge >= 0.3 is 0 Å². The van der Waals surface area contributed by atoms with Gasteiger partial charge in [0, 0.05) is 24.5 Å². The van der Waals surface area contributed by atoms with E-state index in [2.05, 4.69) is 21.2 Å². The Bertz CT molecular complexity index is 1680. The highest BCUT2D eigenvalue weighted by molar-refractivity contribution is 9.10. The monoisotopic (exact) mass is 679 g/mol. The lowest BCUT2D eigenvalue weighted by Crippen LogP contribution is -2.53. The molecule has 11 heteroatoms. The molecule has 9 nitrogen and oxygen atoms in total. The summed E-state index contributed by atoms with van der Waals surface area (Å²) < 4.78 is 40.9. The number of halogens is 1. The Morgan fingerprint density at radius 2 is 1.50 bits per heavy atom. The Hall–Kier alpha value is -4.35. The normalized spacial score (nSPS) is 11.7. The van der Waals surface area contributed by atoms with Crippen molar-refractivity contribution in [2.45, 2.75) is 23.9 Å². The van der Waals surface area contributed by atoms with Gasteiger partial charge in [-0.05, 0) is 59.7 Å². The van der Waals surface area contributed by atoms with Crippen molar-refractivity contribution in [3.8, 4) is 11.5 Å². The molecule has 0 fully saturated rings. The first-order valence-electron chi connectivity index (χ1n) is 13.8. The second-order valence-corrected chi connectivity index (χ2v) is 12.6. The van der Waals surface area contributed by atoms with Gasteiger partial charge in [0.25, 0.3) is 10.0 Å². The van der Waals surface area contributed by atoms with Crippen LogP contribution in [0.15, 0.2) is 112 Å². The maximum atomic E-state index is 14.4. The summed E-state index contributed by atoms with van der Waals surface area (Å²) in [6, 6.07) is 28.3. The Morgan fingerprint density at radius 3 is 2.14 bits per heavy atom. The molecule has 1 atom stereocenters. The molecule has 0 aliphatic carbocycles. The van der Waals surface area contributed by atoms with Crippen LogP contribution in [0.2, 0.25) is 0 Å². The minimum atomic E-state index is -4.29. The van der Waals surface area contributed by atoms with Gasteiger partial charge in [0.1, 0.15) is 24.1 Å². The molecule has 0 radical (unpaired) electrons. The number of amides is 2. The van der Waals surface area contributed by atoms with Gasteiger partial charge in [0.15, 0.2) is 0 Å². The maximum absolute atomic E-state index is 14.4. The van der Waals surface area contributed by atoms with Crippen molar-refractivity contribution in [3.63, 3.8) is 0 Å². The molecule has 0 heterocycles. The Morgan fingerprint density at radius 1 is 0.841 bits per heavy atom. The van der Waals surface area contributed by atoms with Crippen LogP contribution in [-0.2, 0) is 32.6 Å². The zero-order valence-electron chi connectivity index (χ0n) is 24.6. The molecule has 0 aliphatic heterocycles. The lowest BCUT2D eigenvalue weighted by molar-refractivity contribution is -0.139. The topological polar surface area (TPSA) is 105 Å². The zero-order valence-corrected chi connectivity index (χ0v) is 27.0. The molecule has 4 aromatic rings. The summed E-state index contributed by atoms with van der Waals surface area (Å²) in [6.45, 7) is -0.531. The summed E-state index contributed by atoms with van der Waals surface area (Å²) in [5.41, 5.74) is 1.79. The average Bonchev–Trinajstić information content (AvgIpc) is 3.05. The Labute approximate surface area is 266 Å². The number of para-hydroxylation sites is 2. The largest absolute Gasteiger partial charge is 0.497 e. The van der Waals surface area contributed by atoms with Gasteiger partial charge in [0.05, 0.1) is 24.8 Å². The van der Waals surface area contributed by atoms with Crippen molar-refractivity contribution in [2.75, 3.05) is 32.1 Å². The number of nitrogens with zero attached hydrogens (tertiary/aromatic N) is 2. The Balaban J connectivity index is 1.81. The summed E-state index contributed by atoms with van der Waals surface area (Å²) in [5.74, 6) is -0.196. The molecule has 230 valence electrons. The van der Waals surface area contributed by atoms with E-state index in [4.69, 9.17) is 9.47 Å². The number of benzene rings is 4. The predicted octanol–water partition coefficient (Wildman–Crippen LogP) is 5.05. The van der Waals surface area contributed by atoms with E-state index in [-0.39, 0.29) is 35.2 Å². The van der Waals surface area contributed by atoms with Crippen molar-refractivity contribution in [1.82, 2.24) is 10.2 Å². The predicted molar refractivity (Wildman–Crippen MR) is 173 cm³/mol. The third kappa shape index (κ3) is 7.78. The number of methoxy groups -OCH3 is 2. The molecule has 1 N–H and O–H groups in total. The third-order valence-corrected chi connectivity index (χ3v) is 9.31.